The highest BCUT2D eigenvalue weighted by Crippen LogP contribution is 2.30. The Morgan fingerprint density at radius 1 is 1.11 bits per heavy atom. The summed E-state index contributed by atoms with van der Waals surface area (Å²) in [6, 6.07) is 0. The number of hydrogen-bond donors (Lipinski definition) is 1. The largest absolute Gasteiger partial charge is 0.481 e. The summed E-state index contributed by atoms with van der Waals surface area (Å²) in [5, 5.41) is 18.5. The predicted octanol–water partition coefficient (Wildman–Crippen LogP) is 2.68. The molecule has 0 aromatic carbocycles. The number of fused-ring (bicyclic) bond motifs is 1. The van der Waals surface area contributed by atoms with Crippen LogP contribution < -0.4 is 10.1 Å². The second-order valence-electron chi connectivity index (χ2n) is 6.12. The summed E-state index contributed by atoms with van der Waals surface area (Å²) in [5.74, 6) is -0.245. The van der Waals surface area contributed by atoms with E-state index in [0.29, 0.717) is 35.8 Å². The molecule has 27 heavy (non-hydrogen) atoms. The highest BCUT2D eigenvalue weighted by Gasteiger charge is 2.38. The Morgan fingerprint density at radius 3 is 2.41 bits per heavy atom. The van der Waals surface area contributed by atoms with Crippen molar-refractivity contribution in [2.75, 3.05) is 12.4 Å². The van der Waals surface area contributed by atoms with Gasteiger partial charge in [-0.3, -0.25) is 0 Å². The van der Waals surface area contributed by atoms with E-state index in [2.05, 4.69) is 25.7 Å². The van der Waals surface area contributed by atoms with Gasteiger partial charge in [-0.15, -0.1) is 15.3 Å². The first kappa shape index (κ1) is 18.9. The van der Waals surface area contributed by atoms with Crippen molar-refractivity contribution in [3.8, 4) is 5.88 Å². The molecular weight excluding hydrogens is 363 g/mol. The average molecular weight is 383 g/mol. The van der Waals surface area contributed by atoms with Crippen LogP contribution in [0, 0.1) is 13.8 Å². The van der Waals surface area contributed by atoms with Crippen molar-refractivity contribution in [1.82, 2.24) is 29.6 Å². The number of aryl methyl sites for hydroxylation is 3. The lowest BCUT2D eigenvalue weighted by molar-refractivity contribution is -0.146. The Bertz CT molecular complexity index is 990. The second kappa shape index (κ2) is 6.71. The number of anilines is 1. The smallest absolute Gasteiger partial charge is 0.453 e. The van der Waals surface area contributed by atoms with E-state index >= 15 is 0 Å². The van der Waals surface area contributed by atoms with Crippen LogP contribution in [-0.4, -0.2) is 36.7 Å². The summed E-state index contributed by atoms with van der Waals surface area (Å²) in [7, 11) is 3.32. The highest BCUT2D eigenvalue weighted by atomic mass is 19.4. The first-order valence-corrected chi connectivity index (χ1v) is 8.31. The van der Waals surface area contributed by atoms with Crippen molar-refractivity contribution in [1.29, 1.82) is 0 Å². The molecule has 11 heteroatoms. The fraction of sp³-hybridized carbons (Fsp3) is 0.500. The monoisotopic (exact) mass is 383 g/mol. The molecule has 3 aromatic heterocycles. The molecule has 0 atom stereocenters. The molecule has 3 rings (SSSR count). The van der Waals surface area contributed by atoms with Gasteiger partial charge >= 0.3 is 6.18 Å². The zero-order chi connectivity index (χ0) is 19.9. The zero-order valence-corrected chi connectivity index (χ0v) is 15.6. The molecule has 0 radical (unpaired) electrons. The molecule has 0 aliphatic rings. The fourth-order valence-electron chi connectivity index (χ4n) is 2.97. The number of nitrogens with zero attached hydrogens (tertiary/aromatic N) is 6. The van der Waals surface area contributed by atoms with Gasteiger partial charge in [0.05, 0.1) is 18.4 Å². The summed E-state index contributed by atoms with van der Waals surface area (Å²) in [4.78, 5) is 0. The molecule has 0 aliphatic heterocycles. The molecule has 8 nitrogen and oxygen atoms in total. The number of methoxy groups -OCH3 is 1. The lowest BCUT2D eigenvalue weighted by Gasteiger charge is -2.13. The molecule has 146 valence electrons. The van der Waals surface area contributed by atoms with Gasteiger partial charge < -0.3 is 10.1 Å². The number of ether oxygens (including phenoxy) is 1. The first-order valence-electron chi connectivity index (χ1n) is 8.31. The second-order valence-corrected chi connectivity index (χ2v) is 6.12. The van der Waals surface area contributed by atoms with Crippen LogP contribution in [0.15, 0.2) is 0 Å². The van der Waals surface area contributed by atoms with Crippen LogP contribution in [-0.2, 0) is 26.2 Å². The Kier molecular flexibility index (Phi) is 4.70. The van der Waals surface area contributed by atoms with Gasteiger partial charge in [-0.2, -0.15) is 22.8 Å². The SMILES string of the molecule is CCc1nn(C)c(OC)c1CNc1nn2c(C(F)(F)F)nnc2c(C)c1C. The van der Waals surface area contributed by atoms with Gasteiger partial charge in [0.2, 0.25) is 5.88 Å². The number of alkyl halides is 3. The maximum absolute atomic E-state index is 13.2. The quantitative estimate of drug-likeness (QED) is 0.730. The maximum atomic E-state index is 13.2. The van der Waals surface area contributed by atoms with E-state index in [-0.39, 0.29) is 5.65 Å². The summed E-state index contributed by atoms with van der Waals surface area (Å²) in [5.41, 5.74) is 3.03. The Balaban J connectivity index is 2.02. The number of rotatable bonds is 5. The fourth-order valence-corrected chi connectivity index (χ4v) is 2.97. The number of nitrogens with one attached hydrogen (secondary N) is 1. The van der Waals surface area contributed by atoms with E-state index in [1.807, 2.05) is 6.92 Å². The highest BCUT2D eigenvalue weighted by molar-refractivity contribution is 5.58. The van der Waals surface area contributed by atoms with Crippen molar-refractivity contribution >= 4 is 11.5 Å². The van der Waals surface area contributed by atoms with E-state index in [4.69, 9.17) is 4.74 Å². The maximum Gasteiger partial charge on any atom is 0.453 e. The van der Waals surface area contributed by atoms with Crippen molar-refractivity contribution in [2.45, 2.75) is 39.9 Å². The molecule has 3 aromatic rings. The van der Waals surface area contributed by atoms with Crippen molar-refractivity contribution in [3.05, 3.63) is 28.2 Å². The van der Waals surface area contributed by atoms with Gasteiger partial charge in [-0.1, -0.05) is 6.92 Å². The van der Waals surface area contributed by atoms with Crippen LogP contribution in [0.4, 0.5) is 19.0 Å². The summed E-state index contributed by atoms with van der Waals surface area (Å²) < 4.78 is 47.2. The van der Waals surface area contributed by atoms with Gasteiger partial charge in [0.1, 0.15) is 0 Å². The molecular formula is C16H20F3N7O. The van der Waals surface area contributed by atoms with Crippen molar-refractivity contribution in [2.24, 2.45) is 7.05 Å². The van der Waals surface area contributed by atoms with Crippen LogP contribution >= 0.6 is 0 Å². The van der Waals surface area contributed by atoms with Gasteiger partial charge in [-0.05, 0) is 25.8 Å². The minimum absolute atomic E-state index is 0.0820. The standard InChI is InChI=1S/C16H20F3N7O/c1-6-11-10(14(27-5)25(4)23-11)7-20-12-8(2)9(3)13-21-22-15(16(17,18)19)26(13)24-12/h6-7H2,1-5H3,(H,20,24). The molecule has 0 fully saturated rings. The van der Waals surface area contributed by atoms with Crippen LogP contribution in [0.3, 0.4) is 0 Å². The van der Waals surface area contributed by atoms with Crippen molar-refractivity contribution in [3.63, 3.8) is 0 Å². The lowest BCUT2D eigenvalue weighted by atomic mass is 10.1. The van der Waals surface area contributed by atoms with Crippen LogP contribution in [0.5, 0.6) is 5.88 Å². The minimum atomic E-state index is -4.65. The molecule has 0 aliphatic carbocycles. The number of aromatic nitrogens is 6. The topological polar surface area (TPSA) is 82.2 Å². The van der Waals surface area contributed by atoms with E-state index in [9.17, 15) is 13.2 Å². The average Bonchev–Trinajstić information content (AvgIpc) is 3.17. The van der Waals surface area contributed by atoms with Gasteiger partial charge in [-0.25, -0.2) is 4.68 Å². The molecule has 3 heterocycles. The van der Waals surface area contributed by atoms with E-state index in [1.165, 1.54) is 0 Å². The molecule has 1 N–H and O–H groups in total. The Hall–Kier alpha value is -2.85. The summed E-state index contributed by atoms with van der Waals surface area (Å²) in [6.45, 7) is 5.74. The van der Waals surface area contributed by atoms with E-state index in [1.54, 1.807) is 32.7 Å². The zero-order valence-electron chi connectivity index (χ0n) is 15.6. The Morgan fingerprint density at radius 2 is 1.81 bits per heavy atom. The van der Waals surface area contributed by atoms with Crippen LogP contribution in [0.25, 0.3) is 5.65 Å². The molecule has 0 bridgehead atoms. The van der Waals surface area contributed by atoms with Crippen LogP contribution in [0.2, 0.25) is 0 Å². The number of halogens is 3. The molecule has 0 amide bonds. The lowest BCUT2D eigenvalue weighted by Crippen LogP contribution is -2.15. The summed E-state index contributed by atoms with van der Waals surface area (Å²) in [6.07, 6.45) is -3.95. The van der Waals surface area contributed by atoms with Gasteiger partial charge in [0, 0.05) is 19.2 Å². The van der Waals surface area contributed by atoms with Gasteiger partial charge in [0.15, 0.2) is 11.5 Å². The molecule has 0 spiro atoms. The molecule has 0 unspecified atom stereocenters. The first-order chi connectivity index (χ1) is 12.7. The van der Waals surface area contributed by atoms with Gasteiger partial charge in [0.25, 0.3) is 5.82 Å². The van der Waals surface area contributed by atoms with E-state index in [0.717, 1.165) is 15.8 Å². The Labute approximate surface area is 153 Å². The third-order valence-electron chi connectivity index (χ3n) is 4.48. The predicted molar refractivity (Wildman–Crippen MR) is 91.7 cm³/mol. The third-order valence-corrected chi connectivity index (χ3v) is 4.48. The third kappa shape index (κ3) is 3.17. The molecule has 0 saturated carbocycles. The van der Waals surface area contributed by atoms with E-state index < -0.39 is 12.0 Å². The summed E-state index contributed by atoms with van der Waals surface area (Å²) >= 11 is 0. The minimum Gasteiger partial charge on any atom is -0.481 e. The van der Waals surface area contributed by atoms with Crippen molar-refractivity contribution < 1.29 is 17.9 Å². The van der Waals surface area contributed by atoms with Crippen LogP contribution in [0.1, 0.15) is 35.1 Å². The number of hydrogen-bond acceptors (Lipinski definition) is 6. The molecule has 0 saturated heterocycles. The normalized spacial score (nSPS) is 12.0.